The van der Waals surface area contributed by atoms with Crippen molar-refractivity contribution in [3.8, 4) is 0 Å². The molecule has 4 nitrogen and oxygen atoms in total. The maximum Gasteiger partial charge on any atom is 0.184 e. The van der Waals surface area contributed by atoms with Gasteiger partial charge in [-0.15, -0.1) is 11.8 Å². The normalized spacial score (nSPS) is 21.5. The zero-order chi connectivity index (χ0) is 29.6. The van der Waals surface area contributed by atoms with Gasteiger partial charge < -0.3 is 18.9 Å². The Morgan fingerprint density at radius 2 is 1.14 bits per heavy atom. The van der Waals surface area contributed by atoms with Crippen LogP contribution in [-0.4, -0.2) is 24.9 Å². The van der Waals surface area contributed by atoms with E-state index >= 15 is 0 Å². The monoisotopic (exact) mass is 598 g/mol. The Morgan fingerprint density at radius 3 is 1.68 bits per heavy atom. The minimum absolute atomic E-state index is 0.292. The van der Waals surface area contributed by atoms with E-state index in [4.69, 9.17) is 18.9 Å². The summed E-state index contributed by atoms with van der Waals surface area (Å²) in [5, 5.41) is 0. The second-order valence-corrected chi connectivity index (χ2v) is 12.3. The summed E-state index contributed by atoms with van der Waals surface area (Å²) in [7, 11) is 0. The molecule has 0 saturated carbocycles. The van der Waals surface area contributed by atoms with Crippen molar-refractivity contribution in [3.05, 3.63) is 191 Å². The van der Waals surface area contributed by atoms with Gasteiger partial charge in [0.1, 0.15) is 12.2 Å². The topological polar surface area (TPSA) is 36.9 Å². The lowest BCUT2D eigenvalue weighted by Crippen LogP contribution is -2.52. The molecule has 0 bridgehead atoms. The highest BCUT2D eigenvalue weighted by Gasteiger charge is 2.47. The van der Waals surface area contributed by atoms with Gasteiger partial charge in [-0.1, -0.05) is 152 Å². The summed E-state index contributed by atoms with van der Waals surface area (Å²) in [6.07, 6.45) is 0.324. The Labute approximate surface area is 263 Å². The first-order valence-corrected chi connectivity index (χ1v) is 15.8. The van der Waals surface area contributed by atoms with Crippen LogP contribution in [0.4, 0.5) is 0 Å². The van der Waals surface area contributed by atoms with Crippen molar-refractivity contribution < 1.29 is 18.9 Å². The van der Waals surface area contributed by atoms with Crippen LogP contribution in [0.3, 0.4) is 0 Å². The van der Waals surface area contributed by atoms with E-state index in [0.29, 0.717) is 13.2 Å². The molecule has 44 heavy (non-hydrogen) atoms. The third kappa shape index (κ3) is 5.84. The van der Waals surface area contributed by atoms with Gasteiger partial charge in [-0.3, -0.25) is 0 Å². The molecule has 0 spiro atoms. The van der Waals surface area contributed by atoms with Crippen molar-refractivity contribution in [3.63, 3.8) is 0 Å². The van der Waals surface area contributed by atoms with Crippen molar-refractivity contribution in [2.45, 2.75) is 36.0 Å². The van der Waals surface area contributed by atoms with Crippen LogP contribution >= 0.6 is 11.8 Å². The predicted octanol–water partition coefficient (Wildman–Crippen LogP) is 8.65. The highest BCUT2D eigenvalue weighted by molar-refractivity contribution is 8.04. The number of benzene rings is 5. The molecular formula is C39H34O4S. The van der Waals surface area contributed by atoms with Gasteiger partial charge in [0.15, 0.2) is 12.4 Å². The van der Waals surface area contributed by atoms with Crippen molar-refractivity contribution in [2.24, 2.45) is 0 Å². The van der Waals surface area contributed by atoms with E-state index in [-0.39, 0.29) is 18.3 Å². The second-order valence-electron chi connectivity index (χ2n) is 11.0. The van der Waals surface area contributed by atoms with Crippen LogP contribution in [0.15, 0.2) is 163 Å². The number of ether oxygens (including phenoxy) is 4. The van der Waals surface area contributed by atoms with Crippen LogP contribution in [0.25, 0.3) is 0 Å². The molecule has 2 aliphatic rings. The second kappa shape index (κ2) is 13.2. The van der Waals surface area contributed by atoms with Gasteiger partial charge in [-0.05, 0) is 22.3 Å². The molecule has 4 atom stereocenters. The Kier molecular flexibility index (Phi) is 8.62. The molecule has 0 aromatic heterocycles. The van der Waals surface area contributed by atoms with Crippen molar-refractivity contribution in [2.75, 3.05) is 6.61 Å². The fourth-order valence-electron chi connectivity index (χ4n) is 5.99. The van der Waals surface area contributed by atoms with Gasteiger partial charge in [0.05, 0.1) is 29.1 Å². The van der Waals surface area contributed by atoms with Crippen LogP contribution in [0.1, 0.15) is 34.1 Å². The SMILES string of the molecule is C1=C(SC(c2ccccc2)(c2ccccc2)c2ccccc2)[C@@H](OCc2ccccc2)[C@@H]2OC(c3ccccc3)OC[C@H]2O1. The Hall–Kier alpha value is -4.13. The molecule has 0 aliphatic carbocycles. The van der Waals surface area contributed by atoms with Crippen LogP contribution in [0.2, 0.25) is 0 Å². The molecule has 1 fully saturated rings. The summed E-state index contributed by atoms with van der Waals surface area (Å²) < 4.78 is 25.5. The molecule has 2 heterocycles. The molecule has 0 radical (unpaired) electrons. The van der Waals surface area contributed by atoms with E-state index in [2.05, 4.69) is 103 Å². The lowest BCUT2D eigenvalue weighted by molar-refractivity contribution is -0.281. The van der Waals surface area contributed by atoms with Gasteiger partial charge >= 0.3 is 0 Å². The van der Waals surface area contributed by atoms with Crippen molar-refractivity contribution in [1.29, 1.82) is 0 Å². The van der Waals surface area contributed by atoms with E-state index in [1.54, 1.807) is 11.8 Å². The Morgan fingerprint density at radius 1 is 0.636 bits per heavy atom. The predicted molar refractivity (Wildman–Crippen MR) is 175 cm³/mol. The van der Waals surface area contributed by atoms with Crippen LogP contribution in [-0.2, 0) is 30.3 Å². The lowest BCUT2D eigenvalue weighted by atomic mass is 9.84. The number of fused-ring (bicyclic) bond motifs is 1. The number of rotatable bonds is 9. The maximum atomic E-state index is 6.84. The maximum absolute atomic E-state index is 6.84. The van der Waals surface area contributed by atoms with Crippen LogP contribution < -0.4 is 0 Å². The summed E-state index contributed by atoms with van der Waals surface area (Å²) in [5.74, 6) is 0. The first-order chi connectivity index (χ1) is 21.8. The minimum Gasteiger partial charge on any atom is -0.492 e. The third-order valence-electron chi connectivity index (χ3n) is 8.15. The molecule has 5 aromatic rings. The van der Waals surface area contributed by atoms with Crippen molar-refractivity contribution >= 4 is 11.8 Å². The van der Waals surface area contributed by atoms with Gasteiger partial charge in [0.25, 0.3) is 0 Å². The number of hydrogen-bond acceptors (Lipinski definition) is 5. The van der Waals surface area contributed by atoms with Gasteiger partial charge in [0, 0.05) is 5.56 Å². The standard InChI is InChI=1S/C39H34O4S/c1-6-16-29(17-7-1)26-41-37-35(28-40-34-27-42-38(43-36(34)37)30-18-8-2-9-19-30)44-39(31-20-10-3-11-21-31,32-22-12-4-13-23-32)33-24-14-5-15-25-33/h1-25,28,34,36-38H,26-27H2/t34-,36-,37-,38?/m1/s1. The third-order valence-corrected chi connectivity index (χ3v) is 9.73. The summed E-state index contributed by atoms with van der Waals surface area (Å²) in [4.78, 5) is 0.965. The highest BCUT2D eigenvalue weighted by Crippen LogP contribution is 2.54. The number of thioether (sulfide) groups is 1. The van der Waals surface area contributed by atoms with Crippen LogP contribution in [0, 0.1) is 0 Å². The van der Waals surface area contributed by atoms with Gasteiger partial charge in [-0.2, -0.15) is 0 Å². The van der Waals surface area contributed by atoms with E-state index in [0.717, 1.165) is 16.0 Å². The summed E-state index contributed by atoms with van der Waals surface area (Å²) in [5.41, 5.74) is 5.59. The van der Waals surface area contributed by atoms with Gasteiger partial charge in [0.2, 0.25) is 0 Å². The summed E-state index contributed by atoms with van der Waals surface area (Å²) in [6.45, 7) is 0.854. The molecule has 1 unspecified atom stereocenters. The van der Waals surface area contributed by atoms with Gasteiger partial charge in [-0.25, -0.2) is 0 Å². The molecule has 7 rings (SSSR count). The molecule has 5 heteroatoms. The average Bonchev–Trinajstić information content (AvgIpc) is 3.11. The average molecular weight is 599 g/mol. The Balaban J connectivity index is 1.32. The quantitative estimate of drug-likeness (QED) is 0.159. The fourth-order valence-corrected chi connectivity index (χ4v) is 7.53. The largest absolute Gasteiger partial charge is 0.492 e. The Bertz CT molecular complexity index is 1550. The summed E-state index contributed by atoms with van der Waals surface area (Å²) >= 11 is 1.76. The lowest BCUT2D eigenvalue weighted by Gasteiger charge is -2.45. The molecule has 1 saturated heterocycles. The molecule has 0 amide bonds. The first kappa shape index (κ1) is 28.6. The number of hydrogen-bond donors (Lipinski definition) is 0. The molecule has 2 aliphatic heterocycles. The molecule has 220 valence electrons. The molecular weight excluding hydrogens is 564 g/mol. The smallest absolute Gasteiger partial charge is 0.184 e. The van der Waals surface area contributed by atoms with E-state index < -0.39 is 11.0 Å². The first-order valence-electron chi connectivity index (χ1n) is 15.0. The zero-order valence-electron chi connectivity index (χ0n) is 24.3. The van der Waals surface area contributed by atoms with Crippen molar-refractivity contribution in [1.82, 2.24) is 0 Å². The zero-order valence-corrected chi connectivity index (χ0v) is 25.1. The van der Waals surface area contributed by atoms with Crippen LogP contribution in [0.5, 0.6) is 0 Å². The van der Waals surface area contributed by atoms with E-state index in [1.165, 1.54) is 16.7 Å². The molecule has 5 aromatic carbocycles. The summed E-state index contributed by atoms with van der Waals surface area (Å²) in [6, 6.07) is 52.4. The highest BCUT2D eigenvalue weighted by atomic mass is 32.2. The minimum atomic E-state index is -0.579. The molecule has 0 N–H and O–H groups in total. The fraction of sp³-hybridized carbons (Fsp3) is 0.179. The van der Waals surface area contributed by atoms with E-state index in [1.807, 2.05) is 54.8 Å². The van der Waals surface area contributed by atoms with E-state index in [9.17, 15) is 0 Å².